The number of benzene rings is 2. The predicted octanol–water partition coefficient (Wildman–Crippen LogP) is 3.37. The number of hydrogen-bond acceptors (Lipinski definition) is 4. The van der Waals surface area contributed by atoms with Crippen molar-refractivity contribution in [1.82, 2.24) is 15.1 Å². The van der Waals surface area contributed by atoms with E-state index >= 15 is 0 Å². The minimum atomic E-state index is 0.0564. The molecule has 120 valence electrons. The Morgan fingerprint density at radius 2 is 1.71 bits per heavy atom. The molecule has 4 rings (SSSR count). The number of rotatable bonds is 3. The van der Waals surface area contributed by atoms with Crippen molar-refractivity contribution in [2.75, 3.05) is 13.1 Å². The molecule has 2 heterocycles. The molecule has 0 spiro atoms. The summed E-state index contributed by atoms with van der Waals surface area (Å²) in [5.41, 5.74) is 1.63. The van der Waals surface area contributed by atoms with E-state index < -0.39 is 0 Å². The fourth-order valence-electron chi connectivity index (χ4n) is 3.01. The van der Waals surface area contributed by atoms with E-state index in [1.54, 1.807) is 0 Å². The number of aromatic nitrogens is 2. The van der Waals surface area contributed by atoms with Crippen molar-refractivity contribution >= 4 is 5.91 Å². The normalized spacial score (nSPS) is 17.2. The molecule has 24 heavy (non-hydrogen) atoms. The highest BCUT2D eigenvalue weighted by Gasteiger charge is 2.31. The first-order valence-corrected chi connectivity index (χ1v) is 8.04. The van der Waals surface area contributed by atoms with E-state index in [1.807, 2.05) is 65.6 Å². The second-order valence-corrected chi connectivity index (χ2v) is 5.91. The Labute approximate surface area is 139 Å². The Morgan fingerprint density at radius 3 is 2.46 bits per heavy atom. The third kappa shape index (κ3) is 2.80. The lowest BCUT2D eigenvalue weighted by Gasteiger charge is -2.15. The maximum absolute atomic E-state index is 12.5. The summed E-state index contributed by atoms with van der Waals surface area (Å²) < 4.78 is 5.83. The molecule has 1 amide bonds. The molecule has 0 radical (unpaired) electrons. The molecule has 1 aliphatic heterocycles. The summed E-state index contributed by atoms with van der Waals surface area (Å²) >= 11 is 0. The minimum Gasteiger partial charge on any atom is -0.420 e. The van der Waals surface area contributed by atoms with E-state index in [-0.39, 0.29) is 11.8 Å². The first-order valence-electron chi connectivity index (χ1n) is 8.04. The van der Waals surface area contributed by atoms with Crippen LogP contribution >= 0.6 is 0 Å². The van der Waals surface area contributed by atoms with E-state index in [1.165, 1.54) is 0 Å². The molecule has 1 fully saturated rings. The SMILES string of the molecule is O=C(c1ccccc1)N1CCC(c2nnc(-c3ccccc3)o2)C1. The number of likely N-dealkylation sites (tertiary alicyclic amines) is 1. The minimum absolute atomic E-state index is 0.0564. The summed E-state index contributed by atoms with van der Waals surface area (Å²) in [6.45, 7) is 1.32. The molecule has 3 aromatic rings. The van der Waals surface area contributed by atoms with E-state index in [0.717, 1.165) is 12.0 Å². The van der Waals surface area contributed by atoms with Gasteiger partial charge in [0.05, 0.1) is 5.92 Å². The van der Waals surface area contributed by atoms with Crippen molar-refractivity contribution in [3.63, 3.8) is 0 Å². The summed E-state index contributed by atoms with van der Waals surface area (Å²) in [5, 5.41) is 8.33. The molecule has 5 heteroatoms. The molecule has 5 nitrogen and oxygen atoms in total. The maximum atomic E-state index is 12.5. The average molecular weight is 319 g/mol. The van der Waals surface area contributed by atoms with Crippen molar-refractivity contribution in [3.05, 3.63) is 72.1 Å². The van der Waals surface area contributed by atoms with Gasteiger partial charge < -0.3 is 9.32 Å². The number of carbonyl (C=O) groups excluding carboxylic acids is 1. The van der Waals surface area contributed by atoms with Crippen LogP contribution in [0.25, 0.3) is 11.5 Å². The highest BCUT2D eigenvalue weighted by molar-refractivity contribution is 5.94. The summed E-state index contributed by atoms with van der Waals surface area (Å²) in [6.07, 6.45) is 0.842. The van der Waals surface area contributed by atoms with Gasteiger partial charge in [0.15, 0.2) is 0 Å². The Morgan fingerprint density at radius 1 is 1.00 bits per heavy atom. The van der Waals surface area contributed by atoms with Crippen LogP contribution in [0.1, 0.15) is 28.6 Å². The van der Waals surface area contributed by atoms with Gasteiger partial charge in [-0.25, -0.2) is 0 Å². The van der Waals surface area contributed by atoms with Crippen LogP contribution in [0.3, 0.4) is 0 Å². The van der Waals surface area contributed by atoms with E-state index in [4.69, 9.17) is 4.42 Å². The van der Waals surface area contributed by atoms with Gasteiger partial charge in [-0.15, -0.1) is 10.2 Å². The van der Waals surface area contributed by atoms with Gasteiger partial charge in [-0.2, -0.15) is 0 Å². The number of carbonyl (C=O) groups is 1. The largest absolute Gasteiger partial charge is 0.420 e. The van der Waals surface area contributed by atoms with Crippen LogP contribution in [0.5, 0.6) is 0 Å². The fourth-order valence-corrected chi connectivity index (χ4v) is 3.01. The first kappa shape index (κ1) is 14.6. The average Bonchev–Trinajstić information content (AvgIpc) is 3.32. The van der Waals surface area contributed by atoms with Crippen LogP contribution < -0.4 is 0 Å². The van der Waals surface area contributed by atoms with Crippen molar-refractivity contribution in [3.8, 4) is 11.5 Å². The molecule has 0 saturated carbocycles. The van der Waals surface area contributed by atoms with Crippen molar-refractivity contribution in [1.29, 1.82) is 0 Å². The van der Waals surface area contributed by atoms with E-state index in [2.05, 4.69) is 10.2 Å². The summed E-state index contributed by atoms with van der Waals surface area (Å²) in [4.78, 5) is 14.4. The highest BCUT2D eigenvalue weighted by atomic mass is 16.4. The van der Waals surface area contributed by atoms with Crippen LogP contribution in [0, 0.1) is 0 Å². The van der Waals surface area contributed by atoms with Gasteiger partial charge in [-0.3, -0.25) is 4.79 Å². The molecule has 1 atom stereocenters. The maximum Gasteiger partial charge on any atom is 0.253 e. The molecule has 0 aliphatic carbocycles. The standard InChI is InChI=1S/C19H17N3O2/c23-19(15-9-5-2-6-10-15)22-12-11-16(13-22)18-21-20-17(24-18)14-7-3-1-4-8-14/h1-10,16H,11-13H2. The van der Waals surface area contributed by atoms with Gasteiger partial charge in [0, 0.05) is 24.2 Å². The summed E-state index contributed by atoms with van der Waals surface area (Å²) in [7, 11) is 0. The van der Waals surface area contributed by atoms with Crippen molar-refractivity contribution < 1.29 is 9.21 Å². The number of hydrogen-bond donors (Lipinski definition) is 0. The number of amides is 1. The third-order valence-electron chi connectivity index (χ3n) is 4.31. The lowest BCUT2D eigenvalue weighted by molar-refractivity contribution is 0.0790. The molecule has 2 aromatic carbocycles. The molecule has 1 saturated heterocycles. The molecule has 0 N–H and O–H groups in total. The summed E-state index contributed by atoms with van der Waals surface area (Å²) in [5.74, 6) is 1.29. The fraction of sp³-hybridized carbons (Fsp3) is 0.211. The van der Waals surface area contributed by atoms with Crippen molar-refractivity contribution in [2.24, 2.45) is 0 Å². The Balaban J connectivity index is 1.48. The molecule has 1 unspecified atom stereocenters. The quantitative estimate of drug-likeness (QED) is 0.742. The Bertz CT molecular complexity index is 830. The van der Waals surface area contributed by atoms with Gasteiger partial charge in [0.1, 0.15) is 0 Å². The van der Waals surface area contributed by atoms with Crippen LogP contribution in [-0.4, -0.2) is 34.1 Å². The molecule has 1 aromatic heterocycles. The zero-order valence-corrected chi connectivity index (χ0v) is 13.1. The third-order valence-corrected chi connectivity index (χ3v) is 4.31. The monoisotopic (exact) mass is 319 g/mol. The Hall–Kier alpha value is -2.95. The molecule has 0 bridgehead atoms. The Kier molecular flexibility index (Phi) is 3.83. The van der Waals surface area contributed by atoms with Crippen LogP contribution in [0.2, 0.25) is 0 Å². The zero-order valence-electron chi connectivity index (χ0n) is 13.1. The lowest BCUT2D eigenvalue weighted by atomic mass is 10.1. The van der Waals surface area contributed by atoms with Gasteiger partial charge in [0.25, 0.3) is 5.91 Å². The lowest BCUT2D eigenvalue weighted by Crippen LogP contribution is -2.28. The molecule has 1 aliphatic rings. The second kappa shape index (κ2) is 6.28. The first-order chi connectivity index (χ1) is 11.8. The van der Waals surface area contributed by atoms with Gasteiger partial charge in [-0.1, -0.05) is 36.4 Å². The van der Waals surface area contributed by atoms with Gasteiger partial charge >= 0.3 is 0 Å². The second-order valence-electron chi connectivity index (χ2n) is 5.91. The number of nitrogens with zero attached hydrogens (tertiary/aromatic N) is 3. The van der Waals surface area contributed by atoms with Crippen LogP contribution in [0.15, 0.2) is 65.1 Å². The molecular weight excluding hydrogens is 302 g/mol. The predicted molar refractivity (Wildman–Crippen MR) is 89.4 cm³/mol. The molecular formula is C19H17N3O2. The van der Waals surface area contributed by atoms with Crippen molar-refractivity contribution in [2.45, 2.75) is 12.3 Å². The van der Waals surface area contributed by atoms with Gasteiger partial charge in [-0.05, 0) is 30.7 Å². The van der Waals surface area contributed by atoms with Crippen LogP contribution in [0.4, 0.5) is 0 Å². The topological polar surface area (TPSA) is 59.2 Å². The zero-order chi connectivity index (χ0) is 16.4. The van der Waals surface area contributed by atoms with Crippen LogP contribution in [-0.2, 0) is 0 Å². The van der Waals surface area contributed by atoms with E-state index in [9.17, 15) is 4.79 Å². The summed E-state index contributed by atoms with van der Waals surface area (Å²) in [6, 6.07) is 19.1. The smallest absolute Gasteiger partial charge is 0.253 e. The highest BCUT2D eigenvalue weighted by Crippen LogP contribution is 2.29. The van der Waals surface area contributed by atoms with E-state index in [0.29, 0.717) is 30.4 Å². The van der Waals surface area contributed by atoms with Gasteiger partial charge in [0.2, 0.25) is 11.8 Å².